The minimum absolute atomic E-state index is 0.0217. The Kier molecular flexibility index (Phi) is 64.2. The number of imidazole rings is 1. The number of carboxylic acids is 4. The van der Waals surface area contributed by atoms with Crippen LogP contribution in [0, 0.1) is 3.57 Å². The number of aliphatic carboxylic acids is 4. The summed E-state index contributed by atoms with van der Waals surface area (Å²) in [6, 6.07) is 56.3. The van der Waals surface area contributed by atoms with Crippen LogP contribution in [0.2, 0.25) is 0 Å². The van der Waals surface area contributed by atoms with Crippen LogP contribution in [0.3, 0.4) is 0 Å². The van der Waals surface area contributed by atoms with Crippen LogP contribution in [0.4, 0.5) is 28.8 Å². The van der Waals surface area contributed by atoms with E-state index >= 15 is 0 Å². The van der Waals surface area contributed by atoms with E-state index in [1.54, 1.807) is 54.6 Å². The first-order valence-electron chi connectivity index (χ1n) is 44.8. The third-order valence-electron chi connectivity index (χ3n) is 18.8. The van der Waals surface area contributed by atoms with E-state index in [0.29, 0.717) is 4.43 Å². The third-order valence-corrected chi connectivity index (χ3v) is 20.6. The molecule has 50 heteroatoms. The molecule has 7 aromatic carbocycles. The van der Waals surface area contributed by atoms with Crippen molar-refractivity contribution in [1.82, 2.24) is 41.5 Å². The second-order valence-corrected chi connectivity index (χ2v) is 33.9. The highest BCUT2D eigenvalue weighted by Gasteiger charge is 2.36. The lowest BCUT2D eigenvalue weighted by molar-refractivity contribution is -0.153. The first kappa shape index (κ1) is 130. The van der Waals surface area contributed by atoms with Crippen LogP contribution in [-0.2, 0) is 181 Å². The van der Waals surface area contributed by atoms with E-state index in [1.165, 1.54) is 44.7 Å². The van der Waals surface area contributed by atoms with Gasteiger partial charge in [-0.1, -0.05) is 237 Å². The summed E-state index contributed by atoms with van der Waals surface area (Å²) in [5.74, 6) is -9.23. The number of aliphatic hydroxyl groups excluding tert-OH is 1. The van der Waals surface area contributed by atoms with Crippen molar-refractivity contribution < 1.29 is 183 Å². The van der Waals surface area contributed by atoms with Gasteiger partial charge in [-0.25, -0.2) is 48.1 Å². The molecule has 8 aromatic rings. The van der Waals surface area contributed by atoms with E-state index in [9.17, 15) is 91.1 Å². The minimum Gasteiger partial charge on any atom is -0.481 e. The molecule has 1 aromatic heterocycles. The summed E-state index contributed by atoms with van der Waals surface area (Å²) in [7, 11) is 9.40. The molecule has 0 bridgehead atoms. The molecule has 0 aliphatic carbocycles. The van der Waals surface area contributed by atoms with Crippen LogP contribution in [-0.4, -0.2) is 258 Å². The number of methoxy groups -OCH3 is 6. The Morgan fingerprint density at radius 1 is 0.420 bits per heavy atom. The van der Waals surface area contributed by atoms with Crippen LogP contribution >= 0.6 is 45.2 Å². The minimum atomic E-state index is -1.51. The molecule has 8 atom stereocenters. The molecule has 3 heterocycles. The van der Waals surface area contributed by atoms with E-state index in [4.69, 9.17) is 75.1 Å². The maximum Gasteiger partial charge on any atom is 0.408 e. The average molecular weight is 2330 g/mol. The van der Waals surface area contributed by atoms with Gasteiger partial charge in [0.05, 0.1) is 124 Å². The van der Waals surface area contributed by atoms with Crippen molar-refractivity contribution in [2.45, 2.75) is 166 Å². The molecule has 2 aliphatic rings. The van der Waals surface area contributed by atoms with Crippen molar-refractivity contribution in [3.8, 4) is 11.3 Å². The molecule has 10 rings (SSSR count). The van der Waals surface area contributed by atoms with Crippen LogP contribution < -0.4 is 43.4 Å². The Morgan fingerprint density at radius 2 is 0.773 bits per heavy atom. The van der Waals surface area contributed by atoms with E-state index in [-0.39, 0.29) is 121 Å². The van der Waals surface area contributed by atoms with Gasteiger partial charge >= 0.3 is 114 Å². The fraction of sp³-hybridized carbons (Fsp3) is 0.360. The number of carboxylic acid groups (broad SMARTS) is 4. The summed E-state index contributed by atoms with van der Waals surface area (Å²) in [5, 5.41) is 56.4. The van der Waals surface area contributed by atoms with E-state index < -0.39 is 151 Å². The van der Waals surface area contributed by atoms with Crippen molar-refractivity contribution in [3.63, 3.8) is 0 Å². The number of cyclic esters (lactones) is 3. The summed E-state index contributed by atoms with van der Waals surface area (Å²) in [6.07, 6.45) is -3.84. The van der Waals surface area contributed by atoms with Crippen molar-refractivity contribution in [1.29, 1.82) is 0 Å². The summed E-state index contributed by atoms with van der Waals surface area (Å²) in [6.45, 7) is 7.10. The van der Waals surface area contributed by atoms with Crippen LogP contribution in [0.25, 0.3) is 11.3 Å². The Morgan fingerprint density at radius 3 is 1.09 bits per heavy atom. The molecule has 15 N–H and O–H groups in total. The number of rotatable bonds is 37. The van der Waals surface area contributed by atoms with Crippen molar-refractivity contribution in [2.24, 2.45) is 18.5 Å². The quantitative estimate of drug-likeness (QED) is 0.00568. The Labute approximate surface area is 889 Å². The number of alkyl carbamates (subject to hydrolysis) is 6. The van der Waals surface area contributed by atoms with Crippen LogP contribution in [0.1, 0.15) is 111 Å². The second-order valence-electron chi connectivity index (χ2n) is 31.8. The maximum atomic E-state index is 11.6. The second kappa shape index (κ2) is 74.0. The SMILES string of the molecule is COC(=O)C[C@@H](CI)NC(=O)OCc1ccccc1.COC(=O)C[C@@H](CO)NC(=O)OCc1ccccc1.COC(=O)C[C@H](N)C(=O)OC.COC(=O)C[C@H](NC(=O)OCc1ccccc1)C(=O)OC.Cn1cc(-c2ccc(I)cc2)nc1C(C)(C)C.N[C@@H](CC(=O)O)C(=O)O.O=C(O)C[C@H](NC(=O)OCc1ccccc1)C(=O)O.O=C1CC(NC(=O)OCc2ccccc2)C(=O)O1.O=C1CC(NC(=O)OCc2ccccc2)CO1. The van der Waals surface area contributed by atoms with E-state index in [0.717, 1.165) is 52.0 Å². The maximum absolute atomic E-state index is 11.6. The number of nitrogens with zero attached hydrogens (tertiary/aromatic N) is 2. The third kappa shape index (κ3) is 59.6. The highest BCUT2D eigenvalue weighted by molar-refractivity contribution is 14.1. The average Bonchev–Trinajstić information content (AvgIpc) is 1.67. The van der Waals surface area contributed by atoms with Gasteiger partial charge in [0.15, 0.2) is 0 Å². The number of halogens is 2. The standard InChI is InChI=1S/C14H17IN2.C14H17NO6.C13H16INO4.C13H17NO5.C12H13NO6.C12H11NO5.C12H13NO4.C6H11NO4.C4H7NO4/c1-14(2,3)13-16-12(9-17(13)4)10-5-7-11(15)8-6-10;1-19-12(16)8-11(13(17)20-2)15-14(18)21-9-10-6-4-3-5-7-10;1-18-12(16)7-11(8-14)15-13(17)19-9-10-5-3-2-4-6-10;1-18-12(16)7-11(8-15)14-13(17)19-9-10-5-3-2-4-6-10;14-10(15)6-9(11(16)17)13-12(18)19-7-8-4-2-1-3-5-8;14-10-6-9(11(15)18-10)13-12(16)17-7-8-4-2-1-3-5-8;14-11-6-10(8-16-11)13-12(15)17-7-9-4-2-1-3-5-9;1-10-5(8)3-4(7)6(9)11-2;5-2(4(8)9)1-3(6)7/h5-9H,1-4H3;3-7,11H,8-9H2,1-2H3,(H,15,18);2-6,11H,7-9H2,1H3,(H,15,17);2-6,11,15H,7-9H2,1H3,(H,14,17);1-5,9H,6-7H2,(H,13,18)(H,14,15)(H,16,17);1-5,9H,6-7H2,(H,13,16);1-5,10H,6-8H2,(H,13,15);4H,3,7H2,1-2H3;2H,1,5H2,(H,6,7)(H,8,9)/t;3*11-;9-;;;4-;2-/m.0000..00/s1. The molecule has 814 valence electrons. The first-order valence-corrected chi connectivity index (χ1v) is 47.4. The van der Waals surface area contributed by atoms with Crippen molar-refractivity contribution >= 4 is 159 Å². The molecule has 2 unspecified atom stereocenters. The van der Waals surface area contributed by atoms with Gasteiger partial charge in [0.25, 0.3) is 0 Å². The monoisotopic (exact) mass is 2320 g/mol. The molecule has 0 spiro atoms. The van der Waals surface area contributed by atoms with Crippen LogP contribution in [0.15, 0.2) is 212 Å². The smallest absolute Gasteiger partial charge is 0.408 e. The summed E-state index contributed by atoms with van der Waals surface area (Å²) < 4.78 is 69.2. The van der Waals surface area contributed by atoms with E-state index in [2.05, 4.69) is 168 Å². The number of aliphatic hydroxyl groups is 1. The molecule has 0 radical (unpaired) electrons. The molecular weight excluding hydrogens is 2200 g/mol. The Hall–Kier alpha value is -16.0. The number of ether oxygens (including phenoxy) is 14. The fourth-order valence-corrected chi connectivity index (χ4v) is 12.1. The summed E-state index contributed by atoms with van der Waals surface area (Å²) >= 11 is 4.41. The fourth-order valence-electron chi connectivity index (χ4n) is 11.2. The number of benzene rings is 7. The lowest BCUT2D eigenvalue weighted by atomic mass is 9.96. The highest BCUT2D eigenvalue weighted by Crippen LogP contribution is 2.26. The normalized spacial score (nSPS) is 13.2. The molecule has 48 nitrogen and oxygen atoms in total. The summed E-state index contributed by atoms with van der Waals surface area (Å²) in [4.78, 5) is 213. The molecule has 6 amide bonds. The number of hydrogen-bond acceptors (Lipinski definition) is 37. The molecule has 2 aliphatic heterocycles. The lowest BCUT2D eigenvalue weighted by Crippen LogP contribution is -2.43. The van der Waals surface area contributed by atoms with Gasteiger partial charge in [-0.15, -0.1) is 0 Å². The number of hydrogen-bond donors (Lipinski definition) is 13. The molecule has 2 saturated heterocycles. The number of nitrogens with one attached hydrogen (secondary N) is 6. The van der Waals surface area contributed by atoms with Crippen molar-refractivity contribution in [3.05, 3.63) is 255 Å². The highest BCUT2D eigenvalue weighted by atomic mass is 127. The zero-order valence-electron chi connectivity index (χ0n) is 83.4. The number of amides is 6. The van der Waals surface area contributed by atoms with Gasteiger partial charge in [-0.2, -0.15) is 0 Å². The number of aryl methyl sites for hydroxylation is 1. The number of esters is 9. The first-order chi connectivity index (χ1) is 71.3. The van der Waals surface area contributed by atoms with Gasteiger partial charge < -0.3 is 140 Å². The van der Waals surface area contributed by atoms with Gasteiger partial charge in [0, 0.05) is 32.2 Å². The number of aromatic nitrogens is 2. The molecule has 2 fully saturated rings. The topological polar surface area (TPSA) is 697 Å². The van der Waals surface area contributed by atoms with Gasteiger partial charge in [-0.05, 0) is 68.1 Å². The zero-order chi connectivity index (χ0) is 112. The molecule has 150 heavy (non-hydrogen) atoms. The van der Waals surface area contributed by atoms with Gasteiger partial charge in [0.1, 0.15) is 82.3 Å². The number of alkyl halides is 1. The predicted molar refractivity (Wildman–Crippen MR) is 545 cm³/mol. The lowest BCUT2D eigenvalue weighted by Gasteiger charge is -2.17. The number of carbonyl (C=O) groups excluding carboxylic acids is 15. The number of nitrogens with two attached hydrogens (primary N) is 2. The van der Waals surface area contributed by atoms with Crippen LogP contribution in [0.5, 0.6) is 0 Å². The molecular formula is C100H122I2N10O38. The Balaban J connectivity index is 0.000000574. The summed E-state index contributed by atoms with van der Waals surface area (Å²) in [5.41, 5.74) is 17.4. The van der Waals surface area contributed by atoms with Gasteiger partial charge in [-0.3, -0.25) is 47.9 Å². The zero-order valence-corrected chi connectivity index (χ0v) is 87.7. The van der Waals surface area contributed by atoms with E-state index in [1.807, 2.05) is 133 Å². The largest absolute Gasteiger partial charge is 0.481 e. The van der Waals surface area contributed by atoms with Gasteiger partial charge in [0.2, 0.25) is 0 Å². The Bertz CT molecular complexity index is 5470. The predicted octanol–water partition coefficient (Wildman–Crippen LogP) is 8.87. The molecule has 0 saturated carbocycles. The number of carbonyl (C=O) groups is 19. The van der Waals surface area contributed by atoms with Crippen molar-refractivity contribution in [2.75, 3.05) is 60.3 Å².